The summed E-state index contributed by atoms with van der Waals surface area (Å²) in [4.78, 5) is 8.70. The molecule has 0 aliphatic carbocycles. The largest absolute Gasteiger partial charge is 0.416 e. The second kappa shape index (κ2) is 9.02. The van der Waals surface area contributed by atoms with Crippen molar-refractivity contribution in [2.45, 2.75) is 38.9 Å². The van der Waals surface area contributed by atoms with Crippen LogP contribution in [0.2, 0.25) is 0 Å². The highest BCUT2D eigenvalue weighted by Crippen LogP contribution is 2.29. The highest BCUT2D eigenvalue weighted by atomic mass is 32.1. The summed E-state index contributed by atoms with van der Waals surface area (Å²) in [6.45, 7) is 5.36. The van der Waals surface area contributed by atoms with Crippen molar-refractivity contribution in [1.29, 1.82) is 0 Å². The lowest BCUT2D eigenvalue weighted by Gasteiger charge is -2.11. The van der Waals surface area contributed by atoms with Crippen LogP contribution < -0.4 is 10.6 Å². The van der Waals surface area contributed by atoms with Gasteiger partial charge in [-0.1, -0.05) is 26.0 Å². The number of aliphatic imine (C=N–C) groups is 1. The van der Waals surface area contributed by atoms with Crippen LogP contribution in [0.1, 0.15) is 41.6 Å². The number of nitrogens with one attached hydrogen (secondary N) is 2. The van der Waals surface area contributed by atoms with Crippen molar-refractivity contribution in [2.75, 3.05) is 13.6 Å². The normalized spacial score (nSPS) is 12.5. The number of nitrogens with zero attached hydrogens (tertiary/aromatic N) is 2. The number of rotatable bonds is 6. The van der Waals surface area contributed by atoms with E-state index in [-0.39, 0.29) is 0 Å². The third kappa shape index (κ3) is 6.01. The Balaban J connectivity index is 1.78. The zero-order chi connectivity index (χ0) is 19.2. The lowest BCUT2D eigenvalue weighted by molar-refractivity contribution is -0.137. The van der Waals surface area contributed by atoms with E-state index in [9.17, 15) is 13.2 Å². The summed E-state index contributed by atoms with van der Waals surface area (Å²) in [5.74, 6) is 1.04. The van der Waals surface area contributed by atoms with Gasteiger partial charge in [0.05, 0.1) is 17.8 Å². The number of guanidine groups is 1. The molecule has 142 valence electrons. The Morgan fingerprint density at radius 1 is 1.19 bits per heavy atom. The lowest BCUT2D eigenvalue weighted by atomic mass is 10.1. The van der Waals surface area contributed by atoms with Crippen molar-refractivity contribution in [1.82, 2.24) is 15.6 Å². The topological polar surface area (TPSA) is 49.3 Å². The van der Waals surface area contributed by atoms with E-state index in [4.69, 9.17) is 0 Å². The fourth-order valence-corrected chi connectivity index (χ4v) is 3.13. The minimum Gasteiger partial charge on any atom is -0.356 e. The number of hydrogen-bond acceptors (Lipinski definition) is 3. The number of alkyl halides is 3. The van der Waals surface area contributed by atoms with Crippen LogP contribution in [0.4, 0.5) is 13.2 Å². The van der Waals surface area contributed by atoms with Gasteiger partial charge in [-0.3, -0.25) is 4.99 Å². The first-order chi connectivity index (χ1) is 12.3. The Morgan fingerprint density at radius 3 is 2.42 bits per heavy atom. The number of benzene rings is 1. The van der Waals surface area contributed by atoms with Gasteiger partial charge in [0, 0.05) is 19.0 Å². The monoisotopic (exact) mass is 384 g/mol. The number of hydrogen-bond donors (Lipinski definition) is 2. The molecule has 26 heavy (non-hydrogen) atoms. The summed E-state index contributed by atoms with van der Waals surface area (Å²) in [5, 5.41) is 9.39. The first kappa shape index (κ1) is 20.2. The molecule has 0 atom stereocenters. The Labute approximate surface area is 155 Å². The minimum atomic E-state index is -4.30. The molecular formula is C18H23F3N4S. The highest BCUT2D eigenvalue weighted by Gasteiger charge is 2.29. The summed E-state index contributed by atoms with van der Waals surface area (Å²) < 4.78 is 37.7. The first-order valence-corrected chi connectivity index (χ1v) is 9.22. The predicted molar refractivity (Wildman–Crippen MR) is 99.6 cm³/mol. The van der Waals surface area contributed by atoms with Crippen molar-refractivity contribution in [3.8, 4) is 0 Å². The molecule has 0 spiro atoms. The molecule has 0 saturated heterocycles. The standard InChI is InChI=1S/C18H23F3N4S/c1-12(2)15-11-26-16(25-15)10-24-17(22-3)23-9-8-13-4-6-14(7-5-13)18(19,20)21/h4-7,11-12H,8-10H2,1-3H3,(H2,22,23,24). The number of aromatic nitrogens is 1. The van der Waals surface area contributed by atoms with E-state index in [2.05, 4.69) is 39.8 Å². The van der Waals surface area contributed by atoms with E-state index in [1.54, 1.807) is 18.4 Å². The molecule has 2 aromatic rings. The van der Waals surface area contributed by atoms with Crippen LogP contribution in [0.15, 0.2) is 34.6 Å². The Kier molecular flexibility index (Phi) is 7.02. The average Bonchev–Trinajstić information content (AvgIpc) is 3.07. The second-order valence-electron chi connectivity index (χ2n) is 6.12. The number of thiazole rings is 1. The van der Waals surface area contributed by atoms with Crippen LogP contribution >= 0.6 is 11.3 Å². The van der Waals surface area contributed by atoms with Gasteiger partial charge in [0.2, 0.25) is 0 Å². The molecule has 0 saturated carbocycles. The fourth-order valence-electron chi connectivity index (χ4n) is 2.24. The molecule has 2 N–H and O–H groups in total. The van der Waals surface area contributed by atoms with Crippen LogP contribution in [-0.4, -0.2) is 24.5 Å². The van der Waals surface area contributed by atoms with E-state index in [0.29, 0.717) is 31.4 Å². The molecule has 0 aliphatic rings. The van der Waals surface area contributed by atoms with Gasteiger partial charge < -0.3 is 10.6 Å². The van der Waals surface area contributed by atoms with E-state index >= 15 is 0 Å². The molecule has 0 bridgehead atoms. The zero-order valence-corrected chi connectivity index (χ0v) is 15.8. The Morgan fingerprint density at radius 2 is 1.88 bits per heavy atom. The minimum absolute atomic E-state index is 0.404. The van der Waals surface area contributed by atoms with Crippen molar-refractivity contribution < 1.29 is 13.2 Å². The molecule has 0 unspecified atom stereocenters. The second-order valence-corrected chi connectivity index (χ2v) is 7.06. The van der Waals surface area contributed by atoms with E-state index < -0.39 is 11.7 Å². The molecule has 0 amide bonds. The van der Waals surface area contributed by atoms with Crippen molar-refractivity contribution in [3.63, 3.8) is 0 Å². The van der Waals surface area contributed by atoms with E-state index in [1.165, 1.54) is 12.1 Å². The Hall–Kier alpha value is -2.09. The summed E-state index contributed by atoms with van der Waals surface area (Å²) in [7, 11) is 1.68. The third-order valence-electron chi connectivity index (χ3n) is 3.78. The molecule has 0 fully saturated rings. The van der Waals surface area contributed by atoms with Gasteiger partial charge in [-0.15, -0.1) is 11.3 Å². The molecule has 0 radical (unpaired) electrons. The molecule has 2 rings (SSSR count). The highest BCUT2D eigenvalue weighted by molar-refractivity contribution is 7.09. The summed E-state index contributed by atoms with van der Waals surface area (Å²) >= 11 is 1.61. The molecule has 8 heteroatoms. The van der Waals surface area contributed by atoms with Gasteiger partial charge in [0.25, 0.3) is 0 Å². The number of halogens is 3. The lowest BCUT2D eigenvalue weighted by Crippen LogP contribution is -2.37. The van der Waals surface area contributed by atoms with Crippen LogP contribution in [0.25, 0.3) is 0 Å². The summed E-state index contributed by atoms with van der Waals surface area (Å²) in [6.07, 6.45) is -3.69. The van der Waals surface area contributed by atoms with Crippen LogP contribution in [-0.2, 0) is 19.1 Å². The van der Waals surface area contributed by atoms with Gasteiger partial charge in [-0.2, -0.15) is 13.2 Å². The summed E-state index contributed by atoms with van der Waals surface area (Å²) in [5.41, 5.74) is 1.29. The van der Waals surface area contributed by atoms with Crippen molar-refractivity contribution in [3.05, 3.63) is 51.5 Å². The molecule has 1 aromatic carbocycles. The maximum Gasteiger partial charge on any atom is 0.416 e. The van der Waals surface area contributed by atoms with Crippen LogP contribution in [0, 0.1) is 0 Å². The van der Waals surface area contributed by atoms with Gasteiger partial charge in [0.15, 0.2) is 5.96 Å². The van der Waals surface area contributed by atoms with Gasteiger partial charge in [-0.05, 0) is 30.0 Å². The smallest absolute Gasteiger partial charge is 0.356 e. The van der Waals surface area contributed by atoms with Crippen molar-refractivity contribution in [2.24, 2.45) is 4.99 Å². The quantitative estimate of drug-likeness (QED) is 0.580. The third-order valence-corrected chi connectivity index (χ3v) is 4.65. The Bertz CT molecular complexity index is 721. The van der Waals surface area contributed by atoms with E-state index in [1.807, 2.05) is 0 Å². The zero-order valence-electron chi connectivity index (χ0n) is 15.0. The molecule has 1 heterocycles. The fraction of sp³-hybridized carbons (Fsp3) is 0.444. The van der Waals surface area contributed by atoms with Gasteiger partial charge in [-0.25, -0.2) is 4.98 Å². The van der Waals surface area contributed by atoms with Gasteiger partial charge >= 0.3 is 6.18 Å². The van der Waals surface area contributed by atoms with Crippen LogP contribution in [0.3, 0.4) is 0 Å². The maximum absolute atomic E-state index is 12.6. The summed E-state index contributed by atoms with van der Waals surface area (Å²) in [6, 6.07) is 5.22. The molecule has 0 aliphatic heterocycles. The molecule has 1 aromatic heterocycles. The van der Waals surface area contributed by atoms with E-state index in [0.717, 1.165) is 28.4 Å². The van der Waals surface area contributed by atoms with Crippen LogP contribution in [0.5, 0.6) is 0 Å². The molecular weight excluding hydrogens is 361 g/mol. The van der Waals surface area contributed by atoms with Crippen molar-refractivity contribution >= 4 is 17.3 Å². The SMILES string of the molecule is CN=C(NCCc1ccc(C(F)(F)F)cc1)NCc1nc(C(C)C)cs1. The average molecular weight is 384 g/mol. The van der Waals surface area contributed by atoms with Gasteiger partial charge in [0.1, 0.15) is 5.01 Å². The maximum atomic E-state index is 12.6. The predicted octanol–water partition coefficient (Wildman–Crippen LogP) is 4.19. The molecule has 4 nitrogen and oxygen atoms in total. The first-order valence-electron chi connectivity index (χ1n) is 8.34.